The molecule has 0 saturated heterocycles. The summed E-state index contributed by atoms with van der Waals surface area (Å²) in [6.07, 6.45) is -1.71. The molecule has 0 spiro atoms. The summed E-state index contributed by atoms with van der Waals surface area (Å²) < 4.78 is 64.4. The number of carbonyl (C=O) groups is 1. The second-order valence-corrected chi connectivity index (χ2v) is 7.16. The quantitative estimate of drug-likeness (QED) is 0.609. The smallest absolute Gasteiger partial charge is 0.358 e. The van der Waals surface area contributed by atoms with E-state index in [0.717, 1.165) is 11.3 Å². The van der Waals surface area contributed by atoms with E-state index in [1.54, 1.807) is 0 Å². The molecule has 0 radical (unpaired) electrons. The van der Waals surface area contributed by atoms with E-state index in [1.165, 1.54) is 30.4 Å². The number of hydrogen-bond donors (Lipinski definition) is 1. The molecule has 0 bridgehead atoms. The number of rotatable bonds is 8. The van der Waals surface area contributed by atoms with Gasteiger partial charge in [-0.3, -0.25) is 0 Å². The third-order valence-corrected chi connectivity index (χ3v) is 5.12. The molecule has 28 heavy (non-hydrogen) atoms. The fraction of sp³-hybridized carbons (Fsp3) is 0.417. The number of anilines is 1. The van der Waals surface area contributed by atoms with Crippen LogP contribution in [0.15, 0.2) is 16.0 Å². The molecule has 16 heteroatoms. The van der Waals surface area contributed by atoms with E-state index in [2.05, 4.69) is 19.3 Å². The summed E-state index contributed by atoms with van der Waals surface area (Å²) in [6, 6.07) is -2.15. The van der Waals surface area contributed by atoms with E-state index in [1.807, 2.05) is 0 Å². The van der Waals surface area contributed by atoms with Crippen molar-refractivity contribution in [2.24, 2.45) is 10.1 Å². The lowest BCUT2D eigenvalue weighted by atomic mass is 10.4. The highest BCUT2D eigenvalue weighted by atomic mass is 32.2. The second-order valence-electron chi connectivity index (χ2n) is 4.84. The van der Waals surface area contributed by atoms with E-state index in [4.69, 9.17) is 15.2 Å². The van der Waals surface area contributed by atoms with Crippen LogP contribution in [0.3, 0.4) is 0 Å². The maximum absolute atomic E-state index is 12.7. The molecule has 2 heterocycles. The minimum Gasteiger partial charge on any atom is -0.467 e. The van der Waals surface area contributed by atoms with Crippen LogP contribution in [0, 0.1) is 0 Å². The van der Waals surface area contributed by atoms with Crippen molar-refractivity contribution >= 4 is 33.5 Å². The number of amides is 2. The first-order chi connectivity index (χ1) is 13.2. The maximum Gasteiger partial charge on any atom is 0.358 e. The van der Waals surface area contributed by atoms with E-state index in [0.29, 0.717) is 0 Å². The van der Waals surface area contributed by atoms with Gasteiger partial charge in [-0.05, 0) is 0 Å². The van der Waals surface area contributed by atoms with Gasteiger partial charge in [-0.1, -0.05) is 0 Å². The monoisotopic (exact) mass is 439 g/mol. The molecule has 0 aliphatic heterocycles. The molecular formula is C12H15F2N7O5S2. The summed E-state index contributed by atoms with van der Waals surface area (Å²) in [5.74, 6) is -0.712. The SMILES string of the molecule is COc1nc(OC)nc(N(C(N)=O)S(=O)(=O)N=c2sccn2CCC(F)F)n1. The van der Waals surface area contributed by atoms with Crippen molar-refractivity contribution in [3.63, 3.8) is 0 Å². The first-order valence-corrected chi connectivity index (χ1v) is 9.62. The van der Waals surface area contributed by atoms with Gasteiger partial charge in [0.05, 0.1) is 14.2 Å². The Hall–Kier alpha value is -2.88. The summed E-state index contributed by atoms with van der Waals surface area (Å²) in [7, 11) is -2.39. The van der Waals surface area contributed by atoms with Crippen LogP contribution < -0.4 is 24.3 Å². The Morgan fingerprint density at radius 3 is 2.43 bits per heavy atom. The molecule has 2 rings (SSSR count). The summed E-state index contributed by atoms with van der Waals surface area (Å²) in [5.41, 5.74) is 5.17. The van der Waals surface area contributed by atoms with Crippen LogP contribution in [0.5, 0.6) is 12.0 Å². The number of aromatic nitrogens is 4. The molecule has 0 fully saturated rings. The molecule has 2 aromatic heterocycles. The van der Waals surface area contributed by atoms with Crippen LogP contribution in [0.1, 0.15) is 6.42 Å². The van der Waals surface area contributed by atoms with Crippen molar-refractivity contribution < 1.29 is 31.5 Å². The van der Waals surface area contributed by atoms with Crippen molar-refractivity contribution in [1.29, 1.82) is 0 Å². The Morgan fingerprint density at radius 2 is 1.93 bits per heavy atom. The Bertz CT molecular complexity index is 986. The van der Waals surface area contributed by atoms with E-state index in [9.17, 15) is 22.0 Å². The van der Waals surface area contributed by atoms with Gasteiger partial charge in [-0.15, -0.1) is 25.0 Å². The zero-order chi connectivity index (χ0) is 20.9. The van der Waals surface area contributed by atoms with Crippen LogP contribution in [0.2, 0.25) is 0 Å². The zero-order valence-electron chi connectivity index (χ0n) is 14.5. The number of ether oxygens (including phenoxy) is 2. The van der Waals surface area contributed by atoms with E-state index in [-0.39, 0.29) is 27.7 Å². The number of aryl methyl sites for hydroxylation is 1. The maximum atomic E-state index is 12.7. The Labute approximate surface area is 161 Å². The number of nitrogens with zero attached hydrogens (tertiary/aromatic N) is 6. The molecule has 0 saturated carbocycles. The second kappa shape index (κ2) is 8.87. The first-order valence-electron chi connectivity index (χ1n) is 7.34. The Kier molecular flexibility index (Phi) is 6.79. The average Bonchev–Trinajstić information content (AvgIpc) is 3.05. The molecule has 0 unspecified atom stereocenters. The average molecular weight is 439 g/mol. The van der Waals surface area contributed by atoms with Crippen molar-refractivity contribution in [2.75, 3.05) is 18.5 Å². The van der Waals surface area contributed by atoms with Crippen LogP contribution >= 0.6 is 11.3 Å². The fourth-order valence-corrected chi connectivity index (χ4v) is 3.80. The zero-order valence-corrected chi connectivity index (χ0v) is 16.2. The van der Waals surface area contributed by atoms with Gasteiger partial charge >= 0.3 is 28.3 Å². The van der Waals surface area contributed by atoms with Gasteiger partial charge in [-0.2, -0.15) is 18.4 Å². The topological polar surface area (TPSA) is 155 Å². The van der Waals surface area contributed by atoms with Crippen LogP contribution in [0.4, 0.5) is 19.5 Å². The number of carbonyl (C=O) groups excluding carboxylic acids is 1. The number of thiazole rings is 1. The molecule has 12 nitrogen and oxygen atoms in total. The standard InChI is InChI=1S/C12H15F2N7O5S2/c1-25-10-16-9(17-11(18-10)26-2)21(8(15)22)28(23,24)19-12-20(5-6-27-12)4-3-7(13)14/h5-7H,3-4H2,1-2H3,(H2,15,22). The number of nitrogens with two attached hydrogens (primary N) is 1. The van der Waals surface area contributed by atoms with Gasteiger partial charge in [0, 0.05) is 24.5 Å². The van der Waals surface area contributed by atoms with Crippen LogP contribution in [-0.4, -0.2) is 54.6 Å². The lowest BCUT2D eigenvalue weighted by molar-refractivity contribution is 0.131. The third-order valence-electron chi connectivity index (χ3n) is 3.00. The lowest BCUT2D eigenvalue weighted by Gasteiger charge is -2.15. The number of primary amides is 1. The third kappa shape index (κ3) is 5.10. The number of halogens is 2. The molecule has 0 aliphatic carbocycles. The predicted molar refractivity (Wildman–Crippen MR) is 92.4 cm³/mol. The minimum atomic E-state index is -4.79. The number of urea groups is 1. The number of hydrogen-bond acceptors (Lipinski definition) is 9. The molecule has 0 atom stereocenters. The number of alkyl halides is 2. The van der Waals surface area contributed by atoms with E-state index < -0.39 is 35.0 Å². The predicted octanol–water partition coefficient (Wildman–Crippen LogP) is 0.138. The normalized spacial score (nSPS) is 12.2. The Balaban J connectivity index is 2.53. The molecule has 0 aliphatic rings. The summed E-state index contributed by atoms with van der Waals surface area (Å²) in [5, 5.41) is 1.45. The highest BCUT2D eigenvalue weighted by Crippen LogP contribution is 2.19. The van der Waals surface area contributed by atoms with Gasteiger partial charge in [0.1, 0.15) is 0 Å². The van der Waals surface area contributed by atoms with Crippen molar-refractivity contribution in [3.05, 3.63) is 16.4 Å². The van der Waals surface area contributed by atoms with Gasteiger partial charge in [0.25, 0.3) is 5.95 Å². The fourth-order valence-electron chi connectivity index (χ4n) is 1.83. The Morgan fingerprint density at radius 1 is 1.32 bits per heavy atom. The first kappa shape index (κ1) is 21.4. The molecule has 2 aromatic rings. The van der Waals surface area contributed by atoms with Crippen molar-refractivity contribution in [2.45, 2.75) is 19.4 Å². The minimum absolute atomic E-state index is 0.0108. The van der Waals surface area contributed by atoms with Crippen LogP contribution in [0.25, 0.3) is 0 Å². The molecule has 154 valence electrons. The number of methoxy groups -OCH3 is 2. The van der Waals surface area contributed by atoms with Gasteiger partial charge in [0.15, 0.2) is 0 Å². The molecular weight excluding hydrogens is 424 g/mol. The largest absolute Gasteiger partial charge is 0.467 e. The van der Waals surface area contributed by atoms with Gasteiger partial charge in [0.2, 0.25) is 11.2 Å². The summed E-state index contributed by atoms with van der Waals surface area (Å²) >= 11 is 0.859. The lowest BCUT2D eigenvalue weighted by Crippen LogP contribution is -2.42. The molecule has 0 aromatic carbocycles. The highest BCUT2D eigenvalue weighted by molar-refractivity contribution is 7.92. The summed E-state index contributed by atoms with van der Waals surface area (Å²) in [6.45, 7) is -0.181. The van der Waals surface area contributed by atoms with Crippen molar-refractivity contribution in [1.82, 2.24) is 19.5 Å². The van der Waals surface area contributed by atoms with Crippen LogP contribution in [-0.2, 0) is 16.8 Å². The summed E-state index contributed by atoms with van der Waals surface area (Å²) in [4.78, 5) is 22.6. The highest BCUT2D eigenvalue weighted by Gasteiger charge is 2.31. The van der Waals surface area contributed by atoms with Gasteiger partial charge in [-0.25, -0.2) is 13.6 Å². The molecule has 2 N–H and O–H groups in total. The van der Waals surface area contributed by atoms with Crippen molar-refractivity contribution in [3.8, 4) is 12.0 Å². The van der Waals surface area contributed by atoms with Gasteiger partial charge < -0.3 is 19.8 Å². The van der Waals surface area contributed by atoms with E-state index >= 15 is 0 Å². The molecule has 2 amide bonds.